The van der Waals surface area contributed by atoms with E-state index in [1.54, 1.807) is 24.3 Å². The van der Waals surface area contributed by atoms with Gasteiger partial charge in [0.1, 0.15) is 12.3 Å². The Bertz CT molecular complexity index is 1090. The van der Waals surface area contributed by atoms with E-state index in [0.717, 1.165) is 0 Å². The quantitative estimate of drug-likeness (QED) is 0.409. The zero-order chi connectivity index (χ0) is 22.1. The van der Waals surface area contributed by atoms with Gasteiger partial charge in [0, 0.05) is 24.7 Å². The molecule has 1 saturated heterocycles. The minimum atomic E-state index is -0.906. The first kappa shape index (κ1) is 21.2. The molecule has 3 atom stereocenters. The number of unbranched alkanes of at least 4 members (excludes halogenated alkanes) is 1. The lowest BCUT2D eigenvalue weighted by molar-refractivity contribution is -0.0460. The molecule has 3 N–H and O–H groups in total. The number of aryl methyl sites for hydroxylation is 1. The third-order valence-corrected chi connectivity index (χ3v) is 5.69. The Morgan fingerprint density at radius 1 is 1.06 bits per heavy atom. The van der Waals surface area contributed by atoms with Gasteiger partial charge in [-0.15, -0.1) is 0 Å². The summed E-state index contributed by atoms with van der Waals surface area (Å²) >= 11 is 0. The number of nitrogens with zero attached hydrogens (tertiary/aromatic N) is 2. The van der Waals surface area contributed by atoms with Crippen molar-refractivity contribution >= 4 is 11.8 Å². The van der Waals surface area contributed by atoms with Gasteiger partial charge in [0.05, 0.1) is 23.8 Å². The van der Waals surface area contributed by atoms with E-state index < -0.39 is 29.7 Å². The SMILES string of the molecule is O=C1c2ccccc2C(=O)N1CCCCc1cn([C@@H]2CC(O)[C@H](CO)O2)c(=O)[nH]c1=O. The highest BCUT2D eigenvalue weighted by molar-refractivity contribution is 6.21. The number of aliphatic hydroxyl groups excluding tert-OH is 2. The van der Waals surface area contributed by atoms with Gasteiger partial charge < -0.3 is 14.9 Å². The number of benzene rings is 1. The number of aromatic nitrogens is 2. The summed E-state index contributed by atoms with van der Waals surface area (Å²) in [5, 5.41) is 19.1. The van der Waals surface area contributed by atoms with Crippen LogP contribution in [-0.2, 0) is 11.2 Å². The van der Waals surface area contributed by atoms with Crippen molar-refractivity contribution in [3.8, 4) is 0 Å². The summed E-state index contributed by atoms with van der Waals surface area (Å²) < 4.78 is 6.70. The molecule has 2 aliphatic rings. The molecule has 4 rings (SSSR count). The third kappa shape index (κ3) is 3.97. The number of rotatable bonds is 7. The van der Waals surface area contributed by atoms with E-state index in [9.17, 15) is 29.4 Å². The normalized spacial score (nSPS) is 22.9. The summed E-state index contributed by atoms with van der Waals surface area (Å²) in [6, 6.07) is 6.68. The van der Waals surface area contributed by atoms with Crippen LogP contribution in [0.3, 0.4) is 0 Å². The van der Waals surface area contributed by atoms with Gasteiger partial charge in [-0.1, -0.05) is 12.1 Å². The van der Waals surface area contributed by atoms with Crippen molar-refractivity contribution in [2.24, 2.45) is 0 Å². The Kier molecular flexibility index (Phi) is 5.86. The van der Waals surface area contributed by atoms with Crippen LogP contribution in [0.15, 0.2) is 40.1 Å². The van der Waals surface area contributed by atoms with Gasteiger partial charge in [-0.3, -0.25) is 28.8 Å². The highest BCUT2D eigenvalue weighted by Crippen LogP contribution is 2.27. The Hall–Kier alpha value is -3.08. The van der Waals surface area contributed by atoms with E-state index in [1.165, 1.54) is 15.7 Å². The fourth-order valence-electron chi connectivity index (χ4n) is 4.00. The van der Waals surface area contributed by atoms with Crippen molar-refractivity contribution in [1.82, 2.24) is 14.5 Å². The van der Waals surface area contributed by atoms with Crippen LogP contribution in [0.25, 0.3) is 0 Å². The monoisotopic (exact) mass is 429 g/mol. The van der Waals surface area contributed by atoms with Gasteiger partial charge in [0.25, 0.3) is 17.4 Å². The second-order valence-corrected chi connectivity index (χ2v) is 7.70. The lowest BCUT2D eigenvalue weighted by Crippen LogP contribution is -2.34. The number of H-pyrrole nitrogens is 1. The maximum absolute atomic E-state index is 12.4. The van der Waals surface area contributed by atoms with Gasteiger partial charge in [0.15, 0.2) is 0 Å². The van der Waals surface area contributed by atoms with E-state index in [0.29, 0.717) is 36.0 Å². The largest absolute Gasteiger partial charge is 0.394 e. The predicted octanol–water partition coefficient (Wildman–Crippen LogP) is -0.204. The second kappa shape index (κ2) is 8.58. The van der Waals surface area contributed by atoms with E-state index in [1.807, 2.05) is 0 Å². The Morgan fingerprint density at radius 2 is 1.74 bits per heavy atom. The molecule has 0 aliphatic carbocycles. The number of carbonyl (C=O) groups excluding carboxylic acids is 2. The number of hydrogen-bond acceptors (Lipinski definition) is 7. The van der Waals surface area contributed by atoms with Crippen LogP contribution in [-0.4, -0.2) is 61.8 Å². The molecule has 10 heteroatoms. The van der Waals surface area contributed by atoms with Crippen LogP contribution in [0.5, 0.6) is 0 Å². The molecule has 0 radical (unpaired) electrons. The third-order valence-electron chi connectivity index (χ3n) is 5.69. The number of imide groups is 1. The summed E-state index contributed by atoms with van der Waals surface area (Å²) in [6.07, 6.45) is 0.392. The van der Waals surface area contributed by atoms with Crippen molar-refractivity contribution in [2.45, 2.75) is 44.1 Å². The zero-order valence-corrected chi connectivity index (χ0v) is 16.7. The fraction of sp³-hybridized carbons (Fsp3) is 0.429. The number of ether oxygens (including phenoxy) is 1. The Balaban J connectivity index is 1.38. The number of nitrogens with one attached hydrogen (secondary N) is 1. The molecule has 2 amide bonds. The number of amides is 2. The summed E-state index contributed by atoms with van der Waals surface area (Å²) in [5.74, 6) is -0.634. The molecule has 0 saturated carbocycles. The van der Waals surface area contributed by atoms with Gasteiger partial charge in [0.2, 0.25) is 0 Å². The molecule has 1 unspecified atom stereocenters. The highest BCUT2D eigenvalue weighted by Gasteiger charge is 2.36. The molecule has 3 heterocycles. The fourth-order valence-corrected chi connectivity index (χ4v) is 4.00. The molecular formula is C21H23N3O7. The van der Waals surface area contributed by atoms with Crippen LogP contribution in [0.4, 0.5) is 0 Å². The number of hydrogen-bond donors (Lipinski definition) is 3. The Labute approximate surface area is 176 Å². The van der Waals surface area contributed by atoms with Gasteiger partial charge >= 0.3 is 5.69 Å². The molecular weight excluding hydrogens is 406 g/mol. The number of aliphatic hydroxyl groups is 2. The van der Waals surface area contributed by atoms with Crippen molar-refractivity contribution < 1.29 is 24.5 Å². The minimum absolute atomic E-state index is 0.121. The topological polar surface area (TPSA) is 142 Å². The molecule has 1 fully saturated rings. The Morgan fingerprint density at radius 3 is 2.35 bits per heavy atom. The van der Waals surface area contributed by atoms with Crippen molar-refractivity contribution in [2.75, 3.05) is 13.2 Å². The standard InChI is InChI=1S/C21H23N3O7/c25-11-16-15(26)9-17(31-16)24-10-12(18(27)22-21(24)30)5-3-4-8-23-19(28)13-6-1-2-7-14(13)20(23)29/h1-2,6-7,10,15-17,25-26H,3-5,8-9,11H2,(H,22,27,30)/t15?,16-,17-/m0/s1. The van der Waals surface area contributed by atoms with E-state index in [2.05, 4.69) is 4.98 Å². The molecule has 10 nitrogen and oxygen atoms in total. The molecule has 2 aliphatic heterocycles. The number of fused-ring (bicyclic) bond motifs is 1. The smallest absolute Gasteiger partial charge is 0.330 e. The maximum Gasteiger partial charge on any atom is 0.330 e. The van der Waals surface area contributed by atoms with Crippen molar-refractivity contribution in [3.63, 3.8) is 0 Å². The predicted molar refractivity (Wildman–Crippen MR) is 108 cm³/mol. The van der Waals surface area contributed by atoms with Crippen LogP contribution in [0.2, 0.25) is 0 Å². The first-order chi connectivity index (χ1) is 14.9. The van der Waals surface area contributed by atoms with Gasteiger partial charge in [-0.05, 0) is 31.4 Å². The molecule has 1 aromatic heterocycles. The van der Waals surface area contributed by atoms with Crippen LogP contribution >= 0.6 is 0 Å². The lowest BCUT2D eigenvalue weighted by Gasteiger charge is -2.16. The molecule has 2 aromatic rings. The van der Waals surface area contributed by atoms with Gasteiger partial charge in [-0.25, -0.2) is 4.79 Å². The molecule has 31 heavy (non-hydrogen) atoms. The van der Waals surface area contributed by atoms with E-state index in [4.69, 9.17) is 4.74 Å². The number of carbonyl (C=O) groups is 2. The molecule has 0 spiro atoms. The summed E-state index contributed by atoms with van der Waals surface area (Å²) in [6.45, 7) is -0.138. The van der Waals surface area contributed by atoms with E-state index in [-0.39, 0.29) is 31.4 Å². The summed E-state index contributed by atoms with van der Waals surface area (Å²) in [7, 11) is 0. The average Bonchev–Trinajstić information content (AvgIpc) is 3.24. The van der Waals surface area contributed by atoms with Gasteiger partial charge in [-0.2, -0.15) is 0 Å². The molecule has 0 bridgehead atoms. The van der Waals surface area contributed by atoms with Crippen LogP contribution in [0.1, 0.15) is 51.8 Å². The first-order valence-corrected chi connectivity index (χ1v) is 10.1. The highest BCUT2D eigenvalue weighted by atomic mass is 16.5. The summed E-state index contributed by atoms with van der Waals surface area (Å²) in [5.41, 5.74) is -0.0193. The first-order valence-electron chi connectivity index (χ1n) is 10.1. The molecule has 164 valence electrons. The van der Waals surface area contributed by atoms with Crippen molar-refractivity contribution in [3.05, 3.63) is 68.0 Å². The summed E-state index contributed by atoms with van der Waals surface area (Å²) in [4.78, 5) is 52.6. The molecule has 1 aromatic carbocycles. The van der Waals surface area contributed by atoms with Crippen molar-refractivity contribution in [1.29, 1.82) is 0 Å². The minimum Gasteiger partial charge on any atom is -0.394 e. The van der Waals surface area contributed by atoms with Crippen LogP contribution < -0.4 is 11.2 Å². The number of aromatic amines is 1. The average molecular weight is 429 g/mol. The van der Waals surface area contributed by atoms with Crippen LogP contribution in [0, 0.1) is 0 Å². The lowest BCUT2D eigenvalue weighted by atomic mass is 10.1. The second-order valence-electron chi connectivity index (χ2n) is 7.70. The zero-order valence-electron chi connectivity index (χ0n) is 16.7. The van der Waals surface area contributed by atoms with E-state index >= 15 is 0 Å². The maximum atomic E-state index is 12.4.